The molecule has 17 heavy (non-hydrogen) atoms. The van der Waals surface area contributed by atoms with Gasteiger partial charge in [0.05, 0.1) is 6.11 Å². The maximum atomic E-state index is 6.14. The van der Waals surface area contributed by atoms with Gasteiger partial charge in [-0.2, -0.15) is 0 Å². The standard InChI is InChI=1S/C15H30OSi/c1-8-9-10-11-12-16-17(13(2)3,14(4)5)15(6)7/h13-15H,8-10H2,1-7H3. The van der Waals surface area contributed by atoms with E-state index in [-0.39, 0.29) is 0 Å². The van der Waals surface area contributed by atoms with Gasteiger partial charge in [-0.3, -0.25) is 0 Å². The molecule has 0 aliphatic rings. The van der Waals surface area contributed by atoms with Crippen molar-refractivity contribution in [2.45, 2.75) is 84.4 Å². The van der Waals surface area contributed by atoms with E-state index in [2.05, 4.69) is 60.5 Å². The van der Waals surface area contributed by atoms with Crippen LogP contribution < -0.4 is 0 Å². The molecule has 0 fully saturated rings. The lowest BCUT2D eigenvalue weighted by molar-refractivity contribution is 0.446. The Morgan fingerprint density at radius 1 is 0.941 bits per heavy atom. The monoisotopic (exact) mass is 254 g/mol. The van der Waals surface area contributed by atoms with Gasteiger partial charge in [0.25, 0.3) is 8.32 Å². The summed E-state index contributed by atoms with van der Waals surface area (Å²) in [6.07, 6.45) is 6.37. The van der Waals surface area contributed by atoms with Crippen LogP contribution in [0.3, 0.4) is 0 Å². The van der Waals surface area contributed by atoms with Gasteiger partial charge in [0, 0.05) is 6.42 Å². The average molecular weight is 254 g/mol. The van der Waals surface area contributed by atoms with Crippen molar-refractivity contribution >= 4 is 8.32 Å². The maximum absolute atomic E-state index is 6.14. The summed E-state index contributed by atoms with van der Waals surface area (Å²) in [5.41, 5.74) is 1.84. The summed E-state index contributed by atoms with van der Waals surface area (Å²) in [5.74, 6) is 3.17. The van der Waals surface area contributed by atoms with Crippen LogP contribution in [0.1, 0.15) is 67.7 Å². The Hall–Kier alpha value is -0.423. The van der Waals surface area contributed by atoms with E-state index in [1.54, 1.807) is 0 Å². The number of unbranched alkanes of at least 4 members (excludes halogenated alkanes) is 2. The Morgan fingerprint density at radius 3 is 1.76 bits per heavy atom. The quantitative estimate of drug-likeness (QED) is 0.354. The summed E-state index contributed by atoms with van der Waals surface area (Å²) >= 11 is 0. The van der Waals surface area contributed by atoms with Crippen LogP contribution in [0.4, 0.5) is 0 Å². The van der Waals surface area contributed by atoms with E-state index < -0.39 is 8.32 Å². The highest BCUT2D eigenvalue weighted by Gasteiger charge is 2.46. The first-order valence-corrected chi connectivity index (χ1v) is 9.19. The van der Waals surface area contributed by atoms with Crippen molar-refractivity contribution in [1.82, 2.24) is 0 Å². The fourth-order valence-corrected chi connectivity index (χ4v) is 7.75. The van der Waals surface area contributed by atoms with Crippen LogP contribution >= 0.6 is 0 Å². The van der Waals surface area contributed by atoms with Crippen molar-refractivity contribution in [1.29, 1.82) is 0 Å². The molecule has 0 aliphatic carbocycles. The first-order chi connectivity index (χ1) is 7.89. The molecular formula is C15H30OSi. The van der Waals surface area contributed by atoms with Crippen molar-refractivity contribution in [2.24, 2.45) is 0 Å². The summed E-state index contributed by atoms with van der Waals surface area (Å²) in [4.78, 5) is 0. The summed E-state index contributed by atoms with van der Waals surface area (Å²) in [7, 11) is -1.76. The Kier molecular flexibility index (Phi) is 7.62. The summed E-state index contributed by atoms with van der Waals surface area (Å²) in [6.45, 7) is 15.9. The first kappa shape index (κ1) is 16.6. The van der Waals surface area contributed by atoms with Crippen LogP contribution in [-0.4, -0.2) is 8.32 Å². The molecule has 1 nitrogen and oxygen atoms in total. The fourth-order valence-electron chi connectivity index (χ4n) is 2.79. The van der Waals surface area contributed by atoms with E-state index in [1.165, 1.54) is 12.8 Å². The third kappa shape index (κ3) is 4.39. The SMILES string of the molecule is CCCCC#CO[Si](C(C)C)(C(C)C)C(C)C. The Labute approximate surface area is 109 Å². The number of hydrogen-bond acceptors (Lipinski definition) is 1. The van der Waals surface area contributed by atoms with Gasteiger partial charge in [-0.1, -0.05) is 60.8 Å². The van der Waals surface area contributed by atoms with E-state index in [4.69, 9.17) is 4.43 Å². The molecular weight excluding hydrogens is 224 g/mol. The second-order valence-corrected chi connectivity index (χ2v) is 11.2. The Morgan fingerprint density at radius 2 is 1.41 bits per heavy atom. The topological polar surface area (TPSA) is 9.23 Å². The molecule has 0 aromatic carbocycles. The molecule has 0 amide bonds. The van der Waals surface area contributed by atoms with Crippen LogP contribution in [0.15, 0.2) is 0 Å². The molecule has 0 aromatic rings. The van der Waals surface area contributed by atoms with Gasteiger partial charge in [-0.25, -0.2) is 0 Å². The molecule has 0 saturated heterocycles. The van der Waals surface area contributed by atoms with Crippen LogP contribution in [0.2, 0.25) is 16.6 Å². The van der Waals surface area contributed by atoms with Gasteiger partial charge in [0.2, 0.25) is 0 Å². The molecule has 2 heteroatoms. The second-order valence-electron chi connectivity index (χ2n) is 5.80. The molecule has 0 rings (SSSR count). The van der Waals surface area contributed by atoms with Gasteiger partial charge < -0.3 is 4.43 Å². The first-order valence-electron chi connectivity index (χ1n) is 7.05. The lowest BCUT2D eigenvalue weighted by Crippen LogP contribution is -2.46. The molecule has 0 aliphatic heterocycles. The minimum absolute atomic E-state index is 0.614. The highest BCUT2D eigenvalue weighted by molar-refractivity contribution is 6.77. The lowest BCUT2D eigenvalue weighted by Gasteiger charge is -2.39. The highest BCUT2D eigenvalue weighted by atomic mass is 28.4. The van der Waals surface area contributed by atoms with Crippen molar-refractivity contribution in [2.75, 3.05) is 0 Å². The van der Waals surface area contributed by atoms with E-state index in [9.17, 15) is 0 Å². The van der Waals surface area contributed by atoms with Crippen molar-refractivity contribution in [3.8, 4) is 12.0 Å². The van der Waals surface area contributed by atoms with Crippen molar-refractivity contribution < 1.29 is 4.43 Å². The second kappa shape index (κ2) is 7.82. The molecule has 0 radical (unpaired) electrons. The van der Waals surface area contributed by atoms with Crippen LogP contribution in [0.25, 0.3) is 0 Å². The van der Waals surface area contributed by atoms with Crippen molar-refractivity contribution in [3.05, 3.63) is 0 Å². The molecule has 100 valence electrons. The minimum Gasteiger partial charge on any atom is -0.500 e. The number of rotatable bonds is 6. The van der Waals surface area contributed by atoms with Crippen LogP contribution in [0.5, 0.6) is 0 Å². The van der Waals surface area contributed by atoms with E-state index in [0.29, 0.717) is 16.6 Å². The van der Waals surface area contributed by atoms with Gasteiger partial charge in [0.1, 0.15) is 0 Å². The predicted octanol–water partition coefficient (Wildman–Crippen LogP) is 5.33. The van der Waals surface area contributed by atoms with Gasteiger partial charge in [-0.05, 0) is 23.0 Å². The Balaban J connectivity index is 4.74. The van der Waals surface area contributed by atoms with Gasteiger partial charge >= 0.3 is 0 Å². The molecule has 0 atom stereocenters. The molecule has 0 aromatic heterocycles. The van der Waals surface area contributed by atoms with Crippen molar-refractivity contribution in [3.63, 3.8) is 0 Å². The third-order valence-electron chi connectivity index (χ3n) is 3.66. The average Bonchev–Trinajstić information content (AvgIpc) is 2.21. The van der Waals surface area contributed by atoms with Crippen LogP contribution in [0, 0.1) is 12.0 Å². The summed E-state index contributed by atoms with van der Waals surface area (Å²) < 4.78 is 6.14. The fraction of sp³-hybridized carbons (Fsp3) is 0.867. The predicted molar refractivity (Wildman–Crippen MR) is 79.4 cm³/mol. The maximum Gasteiger partial charge on any atom is 0.272 e. The molecule has 0 saturated carbocycles. The van der Waals surface area contributed by atoms with E-state index in [0.717, 1.165) is 6.42 Å². The van der Waals surface area contributed by atoms with Gasteiger partial charge in [0.15, 0.2) is 0 Å². The lowest BCUT2D eigenvalue weighted by atomic mass is 10.3. The zero-order valence-electron chi connectivity index (χ0n) is 12.8. The summed E-state index contributed by atoms with van der Waals surface area (Å²) in [6, 6.07) is 0. The normalized spacial score (nSPS) is 11.9. The van der Waals surface area contributed by atoms with E-state index >= 15 is 0 Å². The zero-order chi connectivity index (χ0) is 13.5. The highest BCUT2D eigenvalue weighted by Crippen LogP contribution is 2.41. The van der Waals surface area contributed by atoms with Crippen LogP contribution in [-0.2, 0) is 4.43 Å². The smallest absolute Gasteiger partial charge is 0.272 e. The molecule has 0 unspecified atom stereocenters. The third-order valence-corrected chi connectivity index (χ3v) is 9.53. The zero-order valence-corrected chi connectivity index (χ0v) is 13.8. The summed E-state index contributed by atoms with van der Waals surface area (Å²) in [5, 5.41) is 0. The molecule has 0 N–H and O–H groups in total. The van der Waals surface area contributed by atoms with Gasteiger partial charge in [-0.15, -0.1) is 0 Å². The molecule has 0 spiro atoms. The number of hydrogen-bond donors (Lipinski definition) is 0. The Bertz CT molecular complexity index is 236. The largest absolute Gasteiger partial charge is 0.500 e. The van der Waals surface area contributed by atoms with E-state index in [1.807, 2.05) is 0 Å². The molecule has 0 bridgehead atoms. The minimum atomic E-state index is -1.76. The molecule has 0 heterocycles.